The summed E-state index contributed by atoms with van der Waals surface area (Å²) in [7, 11) is 0. The first kappa shape index (κ1) is 68.6. The molecule has 5 aromatic heterocycles. The molecule has 0 bridgehead atoms. The molecular weight excluding hydrogens is 1290 g/mol. The molecule has 0 amide bonds. The van der Waals surface area contributed by atoms with Crippen molar-refractivity contribution in [2.45, 2.75) is 0 Å². The van der Waals surface area contributed by atoms with Gasteiger partial charge in [0.15, 0.2) is 0 Å². The van der Waals surface area contributed by atoms with Crippen LogP contribution in [-0.2, 0) is 0 Å². The van der Waals surface area contributed by atoms with Crippen molar-refractivity contribution in [2.24, 2.45) is 0 Å². The van der Waals surface area contributed by atoms with Crippen LogP contribution in [0.15, 0.2) is 425 Å². The summed E-state index contributed by atoms with van der Waals surface area (Å²) in [6.07, 6.45) is 10.7. The van der Waals surface area contributed by atoms with E-state index in [1.807, 2.05) is 304 Å². The van der Waals surface area contributed by atoms with Crippen molar-refractivity contribution < 1.29 is 0 Å². The maximum absolute atomic E-state index is 5.20. The SMILES string of the molecule is c1ccc(-c2cnc(-c3ccccc3)cn2)cc1.c1ccc(-c2cncc(-c3ccccc3)n2)cc1.c1ccc(-c2nc(-c3ccccc3)c(-c3ccccc3)nc2-c2ccccc2)cc1.c1ccc(-c2nc3ccccc3nc2-c2ccccc2)cc1.c1ccc(-c2nccnc2-c2ccccc2)cc1. The molecule has 0 N–H and O–H groups in total. The van der Waals surface area contributed by atoms with E-state index in [9.17, 15) is 0 Å². The number of hydrogen-bond donors (Lipinski definition) is 0. The van der Waals surface area contributed by atoms with Crippen LogP contribution in [0.3, 0.4) is 0 Å². The zero-order valence-electron chi connectivity index (χ0n) is 57.9. The van der Waals surface area contributed by atoms with Gasteiger partial charge in [0.05, 0.1) is 104 Å². The smallest absolute Gasteiger partial charge is 0.0973 e. The summed E-state index contributed by atoms with van der Waals surface area (Å²) in [5.41, 5.74) is 25.6. The van der Waals surface area contributed by atoms with E-state index in [1.54, 1.807) is 24.8 Å². The number of benzene rings is 13. The fourth-order valence-electron chi connectivity index (χ4n) is 11.9. The molecule has 0 radical (unpaired) electrons. The Morgan fingerprint density at radius 1 is 0.132 bits per heavy atom. The molecule has 0 aliphatic heterocycles. The lowest BCUT2D eigenvalue weighted by molar-refractivity contribution is 1.21. The molecule has 0 atom stereocenters. The fraction of sp³-hybridized carbons (Fsp3) is 0. The summed E-state index contributed by atoms with van der Waals surface area (Å²) >= 11 is 0. The number of hydrogen-bond acceptors (Lipinski definition) is 10. The second-order valence-electron chi connectivity index (χ2n) is 24.2. The Hall–Kier alpha value is -14.5. The average molecular weight is 1360 g/mol. The van der Waals surface area contributed by atoms with Gasteiger partial charge < -0.3 is 0 Å². The molecule has 0 saturated heterocycles. The van der Waals surface area contributed by atoms with E-state index in [4.69, 9.17) is 19.9 Å². The molecule has 0 aliphatic rings. The van der Waals surface area contributed by atoms with Crippen molar-refractivity contribution in [3.05, 3.63) is 425 Å². The van der Waals surface area contributed by atoms with Gasteiger partial charge in [-0.1, -0.05) is 376 Å². The number of fused-ring (bicyclic) bond motifs is 1. The average Bonchev–Trinajstić information content (AvgIpc) is 0.776. The van der Waals surface area contributed by atoms with Crippen molar-refractivity contribution in [3.8, 4) is 135 Å². The van der Waals surface area contributed by atoms with E-state index >= 15 is 0 Å². The van der Waals surface area contributed by atoms with Gasteiger partial charge in [-0.3, -0.25) is 24.9 Å². The van der Waals surface area contributed by atoms with Crippen molar-refractivity contribution in [1.29, 1.82) is 0 Å². The maximum Gasteiger partial charge on any atom is 0.0973 e. The molecule has 10 heteroatoms. The van der Waals surface area contributed by atoms with E-state index in [1.165, 1.54) is 0 Å². The van der Waals surface area contributed by atoms with Crippen LogP contribution in [0.2, 0.25) is 0 Å². The van der Waals surface area contributed by atoms with Gasteiger partial charge in [-0.2, -0.15) is 0 Å². The highest BCUT2D eigenvalue weighted by atomic mass is 14.9. The first-order valence-electron chi connectivity index (χ1n) is 34.9. The van der Waals surface area contributed by atoms with Crippen LogP contribution in [-0.4, -0.2) is 49.8 Å². The Bertz CT molecular complexity index is 5240. The molecular formula is C96H70N10. The monoisotopic (exact) mass is 1360 g/mol. The minimum absolute atomic E-state index is 0.889. The van der Waals surface area contributed by atoms with Crippen LogP contribution in [0.25, 0.3) is 146 Å². The van der Waals surface area contributed by atoms with Crippen LogP contribution in [0.4, 0.5) is 0 Å². The standard InChI is InChI=1S/C28H20N2.C20H14N2.3C16H12N2/c1-5-13-21(14-6-1)25-26(22-15-7-2-8-16-22)30-28(24-19-11-4-12-20-24)27(29-25)23-17-9-3-10-18-23;1-3-9-15(10-4-1)19-20(16-11-5-2-6-12-16)22-18-14-8-7-13-17(18)21-19;1-3-7-13(8-4-1)15-11-18-16(12-17-15)14-9-5-2-6-10-14;1-3-7-13(8-4-1)15-11-17-12-16(18-15)14-9-5-2-6-10-14;1-3-7-13(8-4-1)15-16(18-12-11-17-15)14-9-5-2-6-10-14/h1-20H;1-14H;3*1-12H. The maximum atomic E-state index is 5.20. The zero-order valence-corrected chi connectivity index (χ0v) is 57.9. The van der Waals surface area contributed by atoms with Gasteiger partial charge in [-0.25, -0.2) is 24.9 Å². The molecule has 18 aromatic rings. The molecule has 18 rings (SSSR count). The van der Waals surface area contributed by atoms with E-state index in [-0.39, 0.29) is 0 Å². The number of nitrogens with zero attached hydrogens (tertiary/aromatic N) is 10. The van der Waals surface area contributed by atoms with Gasteiger partial charge in [-0.05, 0) is 12.1 Å². The second-order valence-corrected chi connectivity index (χ2v) is 24.2. The summed E-state index contributed by atoms with van der Waals surface area (Å²) in [6, 6.07) is 130. The van der Waals surface area contributed by atoms with Gasteiger partial charge in [0, 0.05) is 79.2 Å². The largest absolute Gasteiger partial charge is 0.260 e. The summed E-state index contributed by atoms with van der Waals surface area (Å²) in [6.45, 7) is 0. The summed E-state index contributed by atoms with van der Waals surface area (Å²) in [4.78, 5) is 46.9. The third kappa shape index (κ3) is 17.6. The minimum atomic E-state index is 0.889. The van der Waals surface area contributed by atoms with Crippen molar-refractivity contribution in [3.63, 3.8) is 0 Å². The van der Waals surface area contributed by atoms with E-state index < -0.39 is 0 Å². The zero-order chi connectivity index (χ0) is 71.6. The predicted molar refractivity (Wildman–Crippen MR) is 433 cm³/mol. The van der Waals surface area contributed by atoms with Crippen LogP contribution in [0.5, 0.6) is 0 Å². The molecule has 0 aliphatic carbocycles. The van der Waals surface area contributed by atoms with E-state index in [0.717, 1.165) is 146 Å². The topological polar surface area (TPSA) is 129 Å². The summed E-state index contributed by atoms with van der Waals surface area (Å²) in [5.74, 6) is 0. The lowest BCUT2D eigenvalue weighted by atomic mass is 9.99. The minimum Gasteiger partial charge on any atom is -0.260 e. The third-order valence-electron chi connectivity index (χ3n) is 17.1. The van der Waals surface area contributed by atoms with Crippen LogP contribution >= 0.6 is 0 Å². The fourth-order valence-corrected chi connectivity index (χ4v) is 11.9. The molecule has 0 saturated carbocycles. The normalized spacial score (nSPS) is 10.5. The number of rotatable bonds is 12. The Labute approximate surface area is 617 Å². The van der Waals surface area contributed by atoms with Crippen molar-refractivity contribution >= 4 is 11.0 Å². The van der Waals surface area contributed by atoms with Crippen LogP contribution in [0, 0.1) is 0 Å². The van der Waals surface area contributed by atoms with Crippen LogP contribution in [0.1, 0.15) is 0 Å². The Morgan fingerprint density at radius 3 is 0.547 bits per heavy atom. The Morgan fingerprint density at radius 2 is 0.321 bits per heavy atom. The van der Waals surface area contributed by atoms with Crippen LogP contribution < -0.4 is 0 Å². The van der Waals surface area contributed by atoms with Gasteiger partial charge in [-0.15, -0.1) is 0 Å². The summed E-state index contributed by atoms with van der Waals surface area (Å²) < 4.78 is 0. The molecule has 504 valence electrons. The van der Waals surface area contributed by atoms with Gasteiger partial charge in [0.25, 0.3) is 0 Å². The number of aromatic nitrogens is 10. The first-order chi connectivity index (χ1) is 52.6. The predicted octanol–water partition coefficient (Wildman–Crippen LogP) is 23.5. The lowest BCUT2D eigenvalue weighted by Crippen LogP contribution is -2.00. The molecule has 5 heterocycles. The van der Waals surface area contributed by atoms with Crippen molar-refractivity contribution in [2.75, 3.05) is 0 Å². The summed E-state index contributed by atoms with van der Waals surface area (Å²) in [5, 5.41) is 0. The first-order valence-corrected chi connectivity index (χ1v) is 34.9. The highest BCUT2D eigenvalue weighted by Gasteiger charge is 2.20. The molecule has 0 fully saturated rings. The Balaban J connectivity index is 0.000000113. The van der Waals surface area contributed by atoms with Crippen molar-refractivity contribution in [1.82, 2.24) is 49.8 Å². The van der Waals surface area contributed by atoms with E-state index in [2.05, 4.69) is 127 Å². The highest BCUT2D eigenvalue weighted by molar-refractivity contribution is 5.88. The molecule has 0 unspecified atom stereocenters. The quantitative estimate of drug-likeness (QED) is 0.117. The molecule has 10 nitrogen and oxygen atoms in total. The third-order valence-corrected chi connectivity index (χ3v) is 17.1. The van der Waals surface area contributed by atoms with Gasteiger partial charge in [0.1, 0.15) is 0 Å². The highest BCUT2D eigenvalue weighted by Crippen LogP contribution is 2.38. The van der Waals surface area contributed by atoms with Gasteiger partial charge in [0.2, 0.25) is 0 Å². The Kier molecular flexibility index (Phi) is 22.8. The molecule has 0 spiro atoms. The second kappa shape index (κ2) is 35.2. The van der Waals surface area contributed by atoms with E-state index in [0.29, 0.717) is 0 Å². The number of para-hydroxylation sites is 2. The lowest BCUT2D eigenvalue weighted by Gasteiger charge is -2.16. The molecule has 13 aromatic carbocycles. The van der Waals surface area contributed by atoms with Gasteiger partial charge >= 0.3 is 0 Å². The molecule has 106 heavy (non-hydrogen) atoms.